The van der Waals surface area contributed by atoms with E-state index in [-0.39, 0.29) is 5.41 Å². The summed E-state index contributed by atoms with van der Waals surface area (Å²) in [6.45, 7) is 0. The van der Waals surface area contributed by atoms with Crippen LogP contribution in [0.15, 0.2) is 4.42 Å². The van der Waals surface area contributed by atoms with Crippen LogP contribution in [0, 0.1) is 17.8 Å². The molecule has 5 aliphatic carbocycles. The van der Waals surface area contributed by atoms with Crippen LogP contribution in [0.3, 0.4) is 0 Å². The van der Waals surface area contributed by atoms with Crippen molar-refractivity contribution in [2.75, 3.05) is 0 Å². The molecule has 0 unspecified atom stereocenters. The largest absolute Gasteiger partial charge is 0.455 e. The van der Waals surface area contributed by atoms with Crippen LogP contribution >= 0.6 is 11.6 Å². The van der Waals surface area contributed by atoms with Crippen molar-refractivity contribution in [3.8, 4) is 0 Å². The maximum Gasteiger partial charge on any atom is 0.288 e. The predicted molar refractivity (Wildman–Crippen MR) is 85.4 cm³/mol. The highest BCUT2D eigenvalue weighted by Crippen LogP contribution is 2.62. The van der Waals surface area contributed by atoms with Crippen LogP contribution < -0.4 is 0 Å². The molecule has 4 fully saturated rings. The van der Waals surface area contributed by atoms with Crippen LogP contribution in [0.2, 0.25) is 0 Å². The maximum absolute atomic E-state index is 11.8. The van der Waals surface area contributed by atoms with Crippen LogP contribution in [-0.4, -0.2) is 5.24 Å². The molecule has 6 rings (SSSR count). The number of rotatable bonds is 2. The Morgan fingerprint density at radius 1 is 0.955 bits per heavy atom. The van der Waals surface area contributed by atoms with Gasteiger partial charge in [0.05, 0.1) is 0 Å². The van der Waals surface area contributed by atoms with Crippen molar-refractivity contribution >= 4 is 16.8 Å². The quantitative estimate of drug-likeness (QED) is 0.718. The van der Waals surface area contributed by atoms with Crippen molar-refractivity contribution in [3.63, 3.8) is 0 Å². The van der Waals surface area contributed by atoms with E-state index in [1.807, 2.05) is 0 Å². The zero-order valence-corrected chi connectivity index (χ0v) is 13.8. The number of carbonyl (C=O) groups excluding carboxylic acids is 1. The zero-order chi connectivity index (χ0) is 14.9. The summed E-state index contributed by atoms with van der Waals surface area (Å²) >= 11 is 5.83. The Morgan fingerprint density at radius 2 is 1.50 bits per heavy atom. The van der Waals surface area contributed by atoms with E-state index >= 15 is 0 Å². The summed E-state index contributed by atoms with van der Waals surface area (Å²) in [6, 6.07) is 0. The van der Waals surface area contributed by atoms with E-state index in [0.717, 1.165) is 42.6 Å². The fraction of sp³-hybridized carbons (Fsp3) is 0.737. The normalized spacial score (nSPS) is 39.0. The summed E-state index contributed by atoms with van der Waals surface area (Å²) < 4.78 is 6.23. The molecule has 0 N–H and O–H groups in total. The minimum absolute atomic E-state index is 0.237. The summed E-state index contributed by atoms with van der Waals surface area (Å²) in [5.74, 6) is 4.34. The van der Waals surface area contributed by atoms with E-state index in [2.05, 4.69) is 0 Å². The number of halogens is 1. The molecule has 1 aromatic heterocycles. The number of furan rings is 1. The highest BCUT2D eigenvalue weighted by molar-refractivity contribution is 6.67. The van der Waals surface area contributed by atoms with E-state index in [1.54, 1.807) is 0 Å². The molecule has 118 valence electrons. The fourth-order valence-electron chi connectivity index (χ4n) is 6.61. The Hall–Kier alpha value is -0.760. The van der Waals surface area contributed by atoms with Crippen molar-refractivity contribution in [2.45, 2.75) is 69.6 Å². The SMILES string of the molecule is O=C(Cl)c1oc(C23CC4CC(CC(C4)C2)C3)c2c1CCCC2. The van der Waals surface area contributed by atoms with Gasteiger partial charge < -0.3 is 4.42 Å². The average molecular weight is 319 g/mol. The average Bonchev–Trinajstić information content (AvgIpc) is 2.86. The molecular weight excluding hydrogens is 296 g/mol. The van der Waals surface area contributed by atoms with Crippen LogP contribution in [0.1, 0.15) is 78.8 Å². The lowest BCUT2D eigenvalue weighted by molar-refractivity contribution is -0.0159. The number of fused-ring (bicyclic) bond motifs is 1. The standard InChI is InChI=1S/C19H23ClO2/c20-18(21)16-14-3-1-2-4-15(14)17(22-16)19-8-11-5-12(9-19)7-13(6-11)10-19/h11-13H,1-10H2. The molecule has 5 aliphatic rings. The Balaban J connectivity index is 1.65. The van der Waals surface area contributed by atoms with Gasteiger partial charge in [-0.25, -0.2) is 0 Å². The van der Waals surface area contributed by atoms with Crippen LogP contribution in [0.25, 0.3) is 0 Å². The van der Waals surface area contributed by atoms with Gasteiger partial charge in [-0.1, -0.05) is 0 Å². The smallest absolute Gasteiger partial charge is 0.288 e. The van der Waals surface area contributed by atoms with Gasteiger partial charge in [0.25, 0.3) is 5.24 Å². The van der Waals surface area contributed by atoms with Crippen molar-refractivity contribution < 1.29 is 9.21 Å². The molecule has 4 bridgehead atoms. The van der Waals surface area contributed by atoms with Crippen molar-refractivity contribution in [3.05, 3.63) is 22.6 Å². The number of carbonyl (C=O) groups is 1. The maximum atomic E-state index is 11.8. The van der Waals surface area contributed by atoms with Gasteiger partial charge in [0, 0.05) is 11.0 Å². The molecule has 1 heterocycles. The van der Waals surface area contributed by atoms with Gasteiger partial charge in [0.2, 0.25) is 0 Å². The van der Waals surface area contributed by atoms with Gasteiger partial charge in [-0.3, -0.25) is 4.79 Å². The molecule has 0 atom stereocenters. The van der Waals surface area contributed by atoms with E-state index < -0.39 is 5.24 Å². The van der Waals surface area contributed by atoms with Crippen LogP contribution in [-0.2, 0) is 18.3 Å². The van der Waals surface area contributed by atoms with Gasteiger partial charge in [-0.2, -0.15) is 0 Å². The van der Waals surface area contributed by atoms with Gasteiger partial charge in [0.1, 0.15) is 5.76 Å². The Labute approximate surface area is 136 Å². The fourth-order valence-corrected chi connectivity index (χ4v) is 6.76. The minimum Gasteiger partial charge on any atom is -0.455 e. The molecule has 0 aliphatic heterocycles. The van der Waals surface area contributed by atoms with Gasteiger partial charge >= 0.3 is 0 Å². The third kappa shape index (κ3) is 1.82. The number of hydrogen-bond donors (Lipinski definition) is 0. The molecule has 0 amide bonds. The first-order chi connectivity index (χ1) is 10.6. The molecule has 0 spiro atoms. The number of hydrogen-bond acceptors (Lipinski definition) is 2. The Kier molecular flexibility index (Phi) is 2.87. The molecule has 0 saturated heterocycles. The second-order valence-corrected chi connectivity index (χ2v) is 8.74. The summed E-state index contributed by atoms with van der Waals surface area (Å²) in [6.07, 6.45) is 12.6. The molecule has 3 heteroatoms. The minimum atomic E-state index is -0.394. The van der Waals surface area contributed by atoms with Crippen molar-refractivity contribution in [1.29, 1.82) is 0 Å². The first kappa shape index (κ1) is 13.7. The zero-order valence-electron chi connectivity index (χ0n) is 13.0. The van der Waals surface area contributed by atoms with Gasteiger partial charge in [-0.15, -0.1) is 0 Å². The highest BCUT2D eigenvalue weighted by Gasteiger charge is 2.54. The molecule has 0 radical (unpaired) electrons. The monoisotopic (exact) mass is 318 g/mol. The van der Waals surface area contributed by atoms with E-state index in [1.165, 1.54) is 56.3 Å². The summed E-state index contributed by atoms with van der Waals surface area (Å²) in [7, 11) is 0. The first-order valence-corrected chi connectivity index (χ1v) is 9.37. The van der Waals surface area contributed by atoms with E-state index in [9.17, 15) is 4.79 Å². The lowest BCUT2D eigenvalue weighted by Gasteiger charge is -2.56. The third-order valence-corrected chi connectivity index (χ3v) is 7.09. The van der Waals surface area contributed by atoms with Crippen molar-refractivity contribution in [2.24, 2.45) is 17.8 Å². The Morgan fingerprint density at radius 3 is 2.05 bits per heavy atom. The van der Waals surface area contributed by atoms with Gasteiger partial charge in [-0.05, 0) is 99.1 Å². The second kappa shape index (κ2) is 4.63. The molecule has 1 aromatic rings. The van der Waals surface area contributed by atoms with E-state index in [0.29, 0.717) is 5.76 Å². The van der Waals surface area contributed by atoms with Crippen LogP contribution in [0.4, 0.5) is 0 Å². The lowest BCUT2D eigenvalue weighted by atomic mass is 9.48. The van der Waals surface area contributed by atoms with Crippen LogP contribution in [0.5, 0.6) is 0 Å². The Bertz CT molecular complexity index is 607. The lowest BCUT2D eigenvalue weighted by Crippen LogP contribution is -2.48. The molecule has 0 aromatic carbocycles. The summed E-state index contributed by atoms with van der Waals surface area (Å²) in [4.78, 5) is 11.8. The molecule has 4 saturated carbocycles. The second-order valence-electron chi connectivity index (χ2n) is 8.40. The molecular formula is C19H23ClO2. The molecule has 22 heavy (non-hydrogen) atoms. The van der Waals surface area contributed by atoms with E-state index in [4.69, 9.17) is 16.0 Å². The van der Waals surface area contributed by atoms with Gasteiger partial charge in [0.15, 0.2) is 5.76 Å². The summed E-state index contributed by atoms with van der Waals surface area (Å²) in [5, 5.41) is -0.394. The summed E-state index contributed by atoms with van der Waals surface area (Å²) in [5.41, 5.74) is 2.76. The topological polar surface area (TPSA) is 30.2 Å². The first-order valence-electron chi connectivity index (χ1n) is 8.99. The van der Waals surface area contributed by atoms with Crippen molar-refractivity contribution in [1.82, 2.24) is 0 Å². The third-order valence-electron chi connectivity index (χ3n) is 6.92. The highest BCUT2D eigenvalue weighted by atomic mass is 35.5. The molecule has 2 nitrogen and oxygen atoms in total. The predicted octanol–water partition coefficient (Wildman–Crippen LogP) is 5.01.